The standard InChI is InChI=1S/C66H43NS/c1-3-19-45(20-4-1)64-59-31-10-9-29-56(59)57-39-38-51(43-61(57)65(64)46-21-5-2-6-22-46)54-28-11-13-34-62(54)67(52-26-15-24-48(41-52)49-37-36-44-18-7-8-23-47(44)40-49)53-27-16-25-50(42-53)55-32-17-33-60-58-30-12-14-35-63(58)68-66(55)60/h1-43H. The highest BCUT2D eigenvalue weighted by molar-refractivity contribution is 7.26. The number of thiophene rings is 1. The van der Waals surface area contributed by atoms with Gasteiger partial charge in [0.05, 0.1) is 5.69 Å². The van der Waals surface area contributed by atoms with Gasteiger partial charge in [-0.05, 0) is 131 Å². The van der Waals surface area contributed by atoms with Crippen LogP contribution in [0, 0.1) is 0 Å². The van der Waals surface area contributed by atoms with Crippen LogP contribution in [0.2, 0.25) is 0 Å². The van der Waals surface area contributed by atoms with Gasteiger partial charge in [0.25, 0.3) is 0 Å². The molecule has 0 aliphatic rings. The van der Waals surface area contributed by atoms with Gasteiger partial charge in [0.15, 0.2) is 0 Å². The van der Waals surface area contributed by atoms with Gasteiger partial charge in [-0.2, -0.15) is 0 Å². The summed E-state index contributed by atoms with van der Waals surface area (Å²) in [7, 11) is 0. The van der Waals surface area contributed by atoms with Gasteiger partial charge in [-0.25, -0.2) is 0 Å². The zero-order chi connectivity index (χ0) is 45.0. The van der Waals surface area contributed by atoms with Crippen molar-refractivity contribution < 1.29 is 0 Å². The summed E-state index contributed by atoms with van der Waals surface area (Å²) >= 11 is 1.88. The third-order valence-corrected chi connectivity index (χ3v) is 14.8. The van der Waals surface area contributed by atoms with Crippen molar-refractivity contribution in [3.05, 3.63) is 261 Å². The molecule has 0 saturated heterocycles. The predicted molar refractivity (Wildman–Crippen MR) is 294 cm³/mol. The van der Waals surface area contributed by atoms with Crippen molar-refractivity contribution in [2.75, 3.05) is 4.90 Å². The maximum atomic E-state index is 2.46. The number of hydrogen-bond donors (Lipinski definition) is 0. The third-order valence-electron chi connectivity index (χ3n) is 13.6. The van der Waals surface area contributed by atoms with Crippen LogP contribution in [0.15, 0.2) is 261 Å². The minimum absolute atomic E-state index is 1.09. The summed E-state index contributed by atoms with van der Waals surface area (Å²) in [6.07, 6.45) is 0. The van der Waals surface area contributed by atoms with Crippen molar-refractivity contribution in [1.29, 1.82) is 0 Å². The summed E-state index contributed by atoms with van der Waals surface area (Å²) in [5.41, 5.74) is 15.3. The number of rotatable bonds is 8. The van der Waals surface area contributed by atoms with Crippen LogP contribution in [0.25, 0.3) is 108 Å². The first-order valence-electron chi connectivity index (χ1n) is 23.3. The predicted octanol–water partition coefficient (Wildman–Crippen LogP) is 19.3. The molecular formula is C66H43NS. The quantitative estimate of drug-likeness (QED) is 0.137. The zero-order valence-electron chi connectivity index (χ0n) is 37.2. The fraction of sp³-hybridized carbons (Fsp3) is 0. The Morgan fingerprint density at radius 3 is 1.57 bits per heavy atom. The Morgan fingerprint density at radius 2 is 0.779 bits per heavy atom. The van der Waals surface area contributed by atoms with Gasteiger partial charge in [-0.3, -0.25) is 0 Å². The van der Waals surface area contributed by atoms with E-state index < -0.39 is 0 Å². The van der Waals surface area contributed by atoms with Gasteiger partial charge in [0.1, 0.15) is 0 Å². The highest BCUT2D eigenvalue weighted by atomic mass is 32.1. The molecule has 2 heteroatoms. The molecule has 68 heavy (non-hydrogen) atoms. The van der Waals surface area contributed by atoms with Crippen LogP contribution < -0.4 is 4.90 Å². The molecule has 0 radical (unpaired) electrons. The van der Waals surface area contributed by atoms with Crippen LogP contribution in [-0.2, 0) is 0 Å². The van der Waals surface area contributed by atoms with Crippen molar-refractivity contribution in [3.8, 4) is 55.6 Å². The molecular weight excluding hydrogens is 839 g/mol. The zero-order valence-corrected chi connectivity index (χ0v) is 38.0. The van der Waals surface area contributed by atoms with Crippen molar-refractivity contribution in [3.63, 3.8) is 0 Å². The summed E-state index contributed by atoms with van der Waals surface area (Å²) < 4.78 is 2.62. The average molecular weight is 882 g/mol. The van der Waals surface area contributed by atoms with Crippen molar-refractivity contribution >= 4 is 80.9 Å². The Bertz CT molecular complexity index is 4030. The fourth-order valence-corrected chi connectivity index (χ4v) is 11.7. The smallest absolute Gasteiger partial charge is 0.0540 e. The molecule has 1 aromatic heterocycles. The van der Waals surface area contributed by atoms with Crippen molar-refractivity contribution in [1.82, 2.24) is 0 Å². The third kappa shape index (κ3) is 6.85. The second-order valence-electron chi connectivity index (χ2n) is 17.6. The topological polar surface area (TPSA) is 3.24 Å². The summed E-state index contributed by atoms with van der Waals surface area (Å²) in [5, 5.41) is 10.0. The number of benzene rings is 12. The van der Waals surface area contributed by atoms with Gasteiger partial charge < -0.3 is 4.90 Å². The van der Waals surface area contributed by atoms with Crippen molar-refractivity contribution in [2.24, 2.45) is 0 Å². The van der Waals surface area contributed by atoms with Crippen LogP contribution >= 0.6 is 11.3 Å². The lowest BCUT2D eigenvalue weighted by Crippen LogP contribution is -2.11. The minimum atomic E-state index is 1.09. The van der Waals surface area contributed by atoms with E-state index in [2.05, 4.69) is 266 Å². The monoisotopic (exact) mass is 881 g/mol. The highest BCUT2D eigenvalue weighted by Gasteiger charge is 2.22. The van der Waals surface area contributed by atoms with Gasteiger partial charge in [-0.1, -0.05) is 212 Å². The maximum Gasteiger partial charge on any atom is 0.0540 e. The van der Waals surface area contributed by atoms with Gasteiger partial charge in [-0.15, -0.1) is 11.3 Å². The Labute approximate surface area is 400 Å². The van der Waals surface area contributed by atoms with Crippen LogP contribution in [0.4, 0.5) is 17.1 Å². The van der Waals surface area contributed by atoms with Crippen LogP contribution in [-0.4, -0.2) is 0 Å². The van der Waals surface area contributed by atoms with E-state index in [1.54, 1.807) is 0 Å². The van der Waals surface area contributed by atoms with E-state index in [1.165, 1.54) is 97.0 Å². The van der Waals surface area contributed by atoms with E-state index in [0.29, 0.717) is 0 Å². The maximum absolute atomic E-state index is 2.46. The minimum Gasteiger partial charge on any atom is -0.310 e. The van der Waals surface area contributed by atoms with Crippen LogP contribution in [0.1, 0.15) is 0 Å². The van der Waals surface area contributed by atoms with Gasteiger partial charge >= 0.3 is 0 Å². The molecule has 0 saturated carbocycles. The Kier molecular flexibility index (Phi) is 9.77. The molecule has 1 heterocycles. The first-order valence-corrected chi connectivity index (χ1v) is 24.1. The van der Waals surface area contributed by atoms with E-state index in [-0.39, 0.29) is 0 Å². The molecule has 0 fully saturated rings. The summed E-state index contributed by atoms with van der Waals surface area (Å²) in [6.45, 7) is 0. The van der Waals surface area contributed by atoms with Gasteiger partial charge in [0, 0.05) is 37.1 Å². The van der Waals surface area contributed by atoms with Crippen LogP contribution in [0.3, 0.4) is 0 Å². The molecule has 13 rings (SSSR count). The van der Waals surface area contributed by atoms with E-state index in [1.807, 2.05) is 11.3 Å². The molecule has 13 aromatic rings. The van der Waals surface area contributed by atoms with E-state index in [4.69, 9.17) is 0 Å². The Balaban J connectivity index is 1.04. The molecule has 0 spiro atoms. The molecule has 0 aliphatic carbocycles. The average Bonchev–Trinajstić information content (AvgIpc) is 3.80. The Hall–Kier alpha value is -8.56. The van der Waals surface area contributed by atoms with Crippen LogP contribution in [0.5, 0.6) is 0 Å². The molecule has 1 nitrogen and oxygen atoms in total. The lowest BCUT2D eigenvalue weighted by molar-refractivity contribution is 1.28. The Morgan fingerprint density at radius 1 is 0.265 bits per heavy atom. The lowest BCUT2D eigenvalue weighted by atomic mass is 9.84. The van der Waals surface area contributed by atoms with Crippen molar-refractivity contribution in [2.45, 2.75) is 0 Å². The SMILES string of the molecule is c1ccc(-c2c(-c3ccccc3)c3cc(-c4ccccc4N(c4cccc(-c5ccc6ccccc6c5)c4)c4cccc(-c5cccc6c5sc5ccccc56)c4)ccc3c3ccccc23)cc1. The second-order valence-corrected chi connectivity index (χ2v) is 18.6. The molecule has 0 amide bonds. The second kappa shape index (κ2) is 16.7. The molecule has 318 valence electrons. The summed E-state index contributed by atoms with van der Waals surface area (Å²) in [4.78, 5) is 2.46. The molecule has 0 unspecified atom stereocenters. The van der Waals surface area contributed by atoms with E-state index >= 15 is 0 Å². The number of fused-ring (bicyclic) bond motifs is 7. The number of para-hydroxylation sites is 1. The molecule has 0 bridgehead atoms. The normalized spacial score (nSPS) is 11.5. The molecule has 0 N–H and O–H groups in total. The highest BCUT2D eigenvalue weighted by Crippen LogP contribution is 2.48. The first-order chi connectivity index (χ1) is 33.7. The van der Waals surface area contributed by atoms with E-state index in [0.717, 1.165) is 28.2 Å². The summed E-state index contributed by atoms with van der Waals surface area (Å²) in [6, 6.07) is 95.9. The lowest BCUT2D eigenvalue weighted by Gasteiger charge is -2.29. The number of hydrogen-bond acceptors (Lipinski definition) is 2. The largest absolute Gasteiger partial charge is 0.310 e. The number of anilines is 3. The molecule has 0 atom stereocenters. The van der Waals surface area contributed by atoms with Gasteiger partial charge in [0.2, 0.25) is 0 Å². The number of nitrogens with zero attached hydrogens (tertiary/aromatic N) is 1. The molecule has 12 aromatic carbocycles. The van der Waals surface area contributed by atoms with E-state index in [9.17, 15) is 0 Å². The fourth-order valence-electron chi connectivity index (χ4n) is 10.5. The summed E-state index contributed by atoms with van der Waals surface area (Å²) in [5.74, 6) is 0. The molecule has 0 aliphatic heterocycles. The first kappa shape index (κ1) is 39.8.